The summed E-state index contributed by atoms with van der Waals surface area (Å²) in [4.78, 5) is 22.4. The van der Waals surface area contributed by atoms with Crippen molar-refractivity contribution in [2.24, 2.45) is 11.1 Å². The molecule has 1 aromatic rings. The summed E-state index contributed by atoms with van der Waals surface area (Å²) in [6, 6.07) is 4.83. The Morgan fingerprint density at radius 3 is 2.29 bits per heavy atom. The van der Waals surface area contributed by atoms with Crippen molar-refractivity contribution < 1.29 is 14.7 Å². The Morgan fingerprint density at radius 1 is 1.29 bits per heavy atom. The van der Waals surface area contributed by atoms with E-state index < -0.39 is 11.9 Å². The third kappa shape index (κ3) is 3.31. The number of amides is 1. The first-order valence-corrected chi connectivity index (χ1v) is 5.37. The maximum absolute atomic E-state index is 11.2. The van der Waals surface area contributed by atoms with Gasteiger partial charge in [0.2, 0.25) is 5.91 Å². The summed E-state index contributed by atoms with van der Waals surface area (Å²) in [5, 5.41) is 9.18. The van der Waals surface area contributed by atoms with Crippen molar-refractivity contribution in [3.8, 4) is 0 Å². The van der Waals surface area contributed by atoms with E-state index in [1.807, 2.05) is 20.8 Å². The topological polar surface area (TPSA) is 80.4 Å². The molecule has 17 heavy (non-hydrogen) atoms. The number of primary amides is 1. The van der Waals surface area contributed by atoms with E-state index in [0.29, 0.717) is 12.0 Å². The van der Waals surface area contributed by atoms with E-state index in [9.17, 15) is 14.7 Å². The highest BCUT2D eigenvalue weighted by Gasteiger charge is 2.21. The highest BCUT2D eigenvalue weighted by Crippen LogP contribution is 2.24. The van der Waals surface area contributed by atoms with Crippen LogP contribution in [0.25, 0.3) is 0 Å². The Bertz CT molecular complexity index is 458. The van der Waals surface area contributed by atoms with E-state index >= 15 is 0 Å². The zero-order valence-corrected chi connectivity index (χ0v) is 10.3. The smallest absolute Gasteiger partial charge is 0.336 e. The van der Waals surface area contributed by atoms with Gasteiger partial charge in [0, 0.05) is 0 Å². The Kier molecular flexibility index (Phi) is 3.56. The van der Waals surface area contributed by atoms with Gasteiger partial charge in [0.15, 0.2) is 0 Å². The number of aromatic carboxylic acids is 1. The average Bonchev–Trinajstić information content (AvgIpc) is 2.14. The molecule has 1 aromatic carbocycles. The molecular weight excluding hydrogens is 218 g/mol. The van der Waals surface area contributed by atoms with Crippen LogP contribution in [0.3, 0.4) is 0 Å². The van der Waals surface area contributed by atoms with Crippen LogP contribution in [-0.4, -0.2) is 17.0 Å². The molecule has 1 rings (SSSR count). The number of hydrogen-bond acceptors (Lipinski definition) is 2. The molecular formula is C13H17NO3. The number of rotatable bonds is 3. The number of carbonyl (C=O) groups excluding carboxylic acids is 1. The van der Waals surface area contributed by atoms with Crippen LogP contribution in [0.2, 0.25) is 0 Å². The number of hydrogen-bond donors (Lipinski definition) is 2. The average molecular weight is 235 g/mol. The van der Waals surface area contributed by atoms with Gasteiger partial charge >= 0.3 is 5.97 Å². The maximum Gasteiger partial charge on any atom is 0.336 e. The number of carbonyl (C=O) groups is 2. The van der Waals surface area contributed by atoms with Gasteiger partial charge in [-0.05, 0) is 23.5 Å². The maximum atomic E-state index is 11.2. The van der Waals surface area contributed by atoms with Gasteiger partial charge in [-0.3, -0.25) is 4.79 Å². The second-order valence-electron chi connectivity index (χ2n) is 5.25. The lowest BCUT2D eigenvalue weighted by Crippen LogP contribution is -2.20. The van der Waals surface area contributed by atoms with Crippen LogP contribution in [0.15, 0.2) is 18.2 Å². The fourth-order valence-corrected chi connectivity index (χ4v) is 1.78. The molecule has 0 saturated heterocycles. The van der Waals surface area contributed by atoms with Crippen molar-refractivity contribution in [2.45, 2.75) is 27.2 Å². The van der Waals surface area contributed by atoms with E-state index in [0.717, 1.165) is 0 Å². The van der Waals surface area contributed by atoms with Crippen LogP contribution in [0, 0.1) is 5.41 Å². The first-order valence-electron chi connectivity index (χ1n) is 5.37. The van der Waals surface area contributed by atoms with E-state index in [4.69, 9.17) is 5.73 Å². The molecule has 0 heterocycles. The Hall–Kier alpha value is -1.84. The summed E-state index contributed by atoms with van der Waals surface area (Å²) < 4.78 is 0. The standard InChI is InChI=1S/C13H17NO3/c1-13(2,3)7-8-5-4-6-9(11(14)15)10(8)12(16)17/h4-6H,7H2,1-3H3,(H2,14,15)(H,16,17). The lowest BCUT2D eigenvalue weighted by molar-refractivity contribution is 0.0690. The lowest BCUT2D eigenvalue weighted by Gasteiger charge is -2.20. The van der Waals surface area contributed by atoms with Crippen molar-refractivity contribution in [3.63, 3.8) is 0 Å². The summed E-state index contributed by atoms with van der Waals surface area (Å²) in [7, 11) is 0. The molecule has 0 aromatic heterocycles. The quantitative estimate of drug-likeness (QED) is 0.841. The van der Waals surface area contributed by atoms with Gasteiger partial charge in [0.25, 0.3) is 0 Å². The van der Waals surface area contributed by atoms with E-state index in [-0.39, 0.29) is 16.5 Å². The Morgan fingerprint density at radius 2 is 1.88 bits per heavy atom. The van der Waals surface area contributed by atoms with Gasteiger partial charge in [-0.1, -0.05) is 32.9 Å². The van der Waals surface area contributed by atoms with E-state index in [1.54, 1.807) is 12.1 Å². The van der Waals surface area contributed by atoms with Gasteiger partial charge in [-0.25, -0.2) is 4.79 Å². The van der Waals surface area contributed by atoms with Crippen LogP contribution >= 0.6 is 0 Å². The third-order valence-corrected chi connectivity index (χ3v) is 2.35. The molecule has 0 fully saturated rings. The van der Waals surface area contributed by atoms with Crippen molar-refractivity contribution in [2.75, 3.05) is 0 Å². The Balaban J connectivity index is 3.35. The molecule has 0 aliphatic rings. The van der Waals surface area contributed by atoms with E-state index in [2.05, 4.69) is 0 Å². The molecule has 0 spiro atoms. The van der Waals surface area contributed by atoms with Crippen molar-refractivity contribution in [1.29, 1.82) is 0 Å². The van der Waals surface area contributed by atoms with E-state index in [1.165, 1.54) is 6.07 Å². The molecule has 0 unspecified atom stereocenters. The predicted molar refractivity (Wildman–Crippen MR) is 65.1 cm³/mol. The van der Waals surface area contributed by atoms with Gasteiger partial charge in [-0.15, -0.1) is 0 Å². The predicted octanol–water partition coefficient (Wildman–Crippen LogP) is 2.07. The van der Waals surface area contributed by atoms with Crippen molar-refractivity contribution in [3.05, 3.63) is 34.9 Å². The summed E-state index contributed by atoms with van der Waals surface area (Å²) >= 11 is 0. The molecule has 1 amide bonds. The fraction of sp³-hybridized carbons (Fsp3) is 0.385. The summed E-state index contributed by atoms with van der Waals surface area (Å²) in [5.74, 6) is -1.82. The second-order valence-corrected chi connectivity index (χ2v) is 5.25. The molecule has 3 N–H and O–H groups in total. The molecule has 0 radical (unpaired) electrons. The van der Waals surface area contributed by atoms with Gasteiger partial charge in [0.1, 0.15) is 0 Å². The minimum Gasteiger partial charge on any atom is -0.478 e. The number of carboxylic acid groups (broad SMARTS) is 1. The summed E-state index contributed by atoms with van der Waals surface area (Å²) in [6.45, 7) is 6.03. The minimum absolute atomic E-state index is 0.0231. The largest absolute Gasteiger partial charge is 0.478 e. The second kappa shape index (κ2) is 4.57. The highest BCUT2D eigenvalue weighted by atomic mass is 16.4. The number of benzene rings is 1. The molecule has 4 heteroatoms. The first kappa shape index (κ1) is 13.2. The van der Waals surface area contributed by atoms with Gasteiger partial charge in [0.05, 0.1) is 11.1 Å². The minimum atomic E-state index is -1.11. The van der Waals surface area contributed by atoms with Crippen LogP contribution in [0.5, 0.6) is 0 Å². The SMILES string of the molecule is CC(C)(C)Cc1cccc(C(N)=O)c1C(=O)O. The van der Waals surface area contributed by atoms with Crippen LogP contribution in [0.1, 0.15) is 47.1 Å². The highest BCUT2D eigenvalue weighted by molar-refractivity contribution is 6.05. The summed E-state index contributed by atoms with van der Waals surface area (Å²) in [5.41, 5.74) is 5.86. The van der Waals surface area contributed by atoms with Gasteiger partial charge in [-0.2, -0.15) is 0 Å². The third-order valence-electron chi connectivity index (χ3n) is 2.35. The fourth-order valence-electron chi connectivity index (χ4n) is 1.78. The molecule has 0 aliphatic carbocycles. The van der Waals surface area contributed by atoms with Crippen LogP contribution in [-0.2, 0) is 6.42 Å². The molecule has 0 aliphatic heterocycles. The Labute approximate surface area is 100 Å². The molecule has 92 valence electrons. The van der Waals surface area contributed by atoms with Crippen LogP contribution in [0.4, 0.5) is 0 Å². The van der Waals surface area contributed by atoms with Crippen molar-refractivity contribution in [1.82, 2.24) is 0 Å². The molecule has 0 atom stereocenters. The number of carboxylic acids is 1. The normalized spacial score (nSPS) is 11.2. The van der Waals surface area contributed by atoms with Gasteiger partial charge < -0.3 is 10.8 Å². The summed E-state index contributed by atoms with van der Waals surface area (Å²) in [6.07, 6.45) is 0.579. The zero-order chi connectivity index (χ0) is 13.2. The first-order chi connectivity index (χ1) is 7.72. The molecule has 4 nitrogen and oxygen atoms in total. The molecule has 0 saturated carbocycles. The van der Waals surface area contributed by atoms with Crippen molar-refractivity contribution >= 4 is 11.9 Å². The van der Waals surface area contributed by atoms with Crippen LogP contribution < -0.4 is 5.73 Å². The number of nitrogens with two attached hydrogens (primary N) is 1. The monoisotopic (exact) mass is 235 g/mol. The lowest BCUT2D eigenvalue weighted by atomic mass is 9.85. The zero-order valence-electron chi connectivity index (χ0n) is 10.3. The molecule has 0 bridgehead atoms.